The number of hydrogen-bond donors (Lipinski definition) is 0. The molecule has 6 nitrogen and oxygen atoms in total. The zero-order valence-electron chi connectivity index (χ0n) is 19.2. The predicted octanol–water partition coefficient (Wildman–Crippen LogP) is 3.80. The number of rotatable bonds is 2. The molecule has 2 fully saturated rings. The van der Waals surface area contributed by atoms with Crippen LogP contribution in [-0.4, -0.2) is 53.0 Å². The second kappa shape index (κ2) is 7.58. The number of carbonyl (C=O) groups is 1. The second-order valence-electron chi connectivity index (χ2n) is 10.3. The van der Waals surface area contributed by atoms with E-state index in [2.05, 4.69) is 39.8 Å². The Kier molecular flexibility index (Phi) is 5.78. The molecular formula is C22H35BN2O4. The number of ether oxygens (including phenoxy) is 1. The van der Waals surface area contributed by atoms with Crippen LogP contribution in [0.1, 0.15) is 78.6 Å². The van der Waals surface area contributed by atoms with E-state index in [1.165, 1.54) is 0 Å². The summed E-state index contributed by atoms with van der Waals surface area (Å²) in [4.78, 5) is 19.1. The molecule has 29 heavy (non-hydrogen) atoms. The van der Waals surface area contributed by atoms with Crippen molar-refractivity contribution in [1.29, 1.82) is 0 Å². The van der Waals surface area contributed by atoms with Crippen LogP contribution in [0.15, 0.2) is 12.1 Å². The van der Waals surface area contributed by atoms with Gasteiger partial charge in [0, 0.05) is 35.9 Å². The van der Waals surface area contributed by atoms with Crippen LogP contribution in [-0.2, 0) is 14.0 Å². The van der Waals surface area contributed by atoms with Crippen molar-refractivity contribution in [1.82, 2.24) is 9.88 Å². The van der Waals surface area contributed by atoms with Crippen molar-refractivity contribution < 1.29 is 18.8 Å². The van der Waals surface area contributed by atoms with E-state index in [4.69, 9.17) is 19.0 Å². The van der Waals surface area contributed by atoms with Gasteiger partial charge in [-0.25, -0.2) is 4.79 Å². The van der Waals surface area contributed by atoms with Crippen molar-refractivity contribution in [2.24, 2.45) is 0 Å². The van der Waals surface area contributed by atoms with Crippen molar-refractivity contribution in [3.05, 3.63) is 23.5 Å². The topological polar surface area (TPSA) is 60.9 Å². The number of carbonyl (C=O) groups excluding carboxylic acids is 1. The lowest BCUT2D eigenvalue weighted by atomic mass is 9.77. The zero-order chi connectivity index (χ0) is 21.6. The van der Waals surface area contributed by atoms with E-state index in [-0.39, 0.29) is 23.2 Å². The van der Waals surface area contributed by atoms with Crippen molar-refractivity contribution >= 4 is 18.7 Å². The normalized spacial score (nSPS) is 23.9. The number of aryl methyl sites for hydroxylation is 1. The molecule has 3 rings (SSSR count). The van der Waals surface area contributed by atoms with Gasteiger partial charge in [-0.2, -0.15) is 0 Å². The van der Waals surface area contributed by atoms with Crippen LogP contribution in [0, 0.1) is 6.92 Å². The minimum atomic E-state index is -0.483. The van der Waals surface area contributed by atoms with Crippen LogP contribution >= 0.6 is 0 Å². The lowest BCUT2D eigenvalue weighted by molar-refractivity contribution is 0.00578. The molecule has 1 atom stereocenters. The third-order valence-electron chi connectivity index (χ3n) is 6.15. The first-order chi connectivity index (χ1) is 13.3. The van der Waals surface area contributed by atoms with E-state index < -0.39 is 12.7 Å². The van der Waals surface area contributed by atoms with E-state index >= 15 is 0 Å². The van der Waals surface area contributed by atoms with Gasteiger partial charge in [-0.3, -0.25) is 4.98 Å². The van der Waals surface area contributed by atoms with E-state index in [1.807, 2.05) is 27.7 Å². The van der Waals surface area contributed by atoms with Gasteiger partial charge >= 0.3 is 13.2 Å². The Bertz CT molecular complexity index is 757. The fourth-order valence-electron chi connectivity index (χ4n) is 3.75. The number of aromatic nitrogens is 1. The van der Waals surface area contributed by atoms with Crippen LogP contribution in [0.2, 0.25) is 0 Å². The molecule has 0 aromatic carbocycles. The summed E-state index contributed by atoms with van der Waals surface area (Å²) < 4.78 is 17.9. The first-order valence-electron chi connectivity index (χ1n) is 10.6. The lowest BCUT2D eigenvalue weighted by Crippen LogP contribution is -2.42. The lowest BCUT2D eigenvalue weighted by Gasteiger charge is -2.34. The summed E-state index contributed by atoms with van der Waals surface area (Å²) in [5.41, 5.74) is 1.65. The highest BCUT2D eigenvalue weighted by Gasteiger charge is 2.52. The van der Waals surface area contributed by atoms with E-state index in [0.717, 1.165) is 36.2 Å². The second-order valence-corrected chi connectivity index (χ2v) is 10.3. The summed E-state index contributed by atoms with van der Waals surface area (Å²) >= 11 is 0. The number of amides is 1. The fourth-order valence-corrected chi connectivity index (χ4v) is 3.75. The molecule has 7 heteroatoms. The molecule has 2 saturated heterocycles. The monoisotopic (exact) mass is 402 g/mol. The number of nitrogens with zero attached hydrogens (tertiary/aromatic N) is 2. The third-order valence-corrected chi connectivity index (χ3v) is 6.15. The quantitative estimate of drug-likeness (QED) is 0.705. The molecule has 0 saturated carbocycles. The largest absolute Gasteiger partial charge is 0.496 e. The Morgan fingerprint density at radius 3 is 2.38 bits per heavy atom. The fraction of sp³-hybridized carbons (Fsp3) is 0.727. The Hall–Kier alpha value is -1.60. The van der Waals surface area contributed by atoms with Crippen molar-refractivity contribution in [2.45, 2.75) is 91.0 Å². The molecule has 1 unspecified atom stereocenters. The standard InChI is InChI=1S/C22H35BN2O4/c1-15-17(23-28-21(5,6)22(7,8)29-23)11-12-18(24-15)16-10-9-13-25(14-16)19(26)27-20(2,3)4/h11-12,16H,9-10,13-14H2,1-8H3. The van der Waals surface area contributed by atoms with E-state index in [0.29, 0.717) is 6.54 Å². The molecule has 2 aliphatic rings. The predicted molar refractivity (Wildman–Crippen MR) is 114 cm³/mol. The summed E-state index contributed by atoms with van der Waals surface area (Å²) in [7, 11) is -0.411. The molecule has 1 aromatic rings. The van der Waals surface area contributed by atoms with Crippen LogP contribution in [0.5, 0.6) is 0 Å². The van der Waals surface area contributed by atoms with Gasteiger partial charge in [0.15, 0.2) is 0 Å². The Morgan fingerprint density at radius 1 is 1.21 bits per heavy atom. The highest BCUT2D eigenvalue weighted by Crippen LogP contribution is 2.36. The maximum absolute atomic E-state index is 12.5. The smallest absolute Gasteiger partial charge is 0.444 e. The van der Waals surface area contributed by atoms with Gasteiger partial charge in [0.25, 0.3) is 0 Å². The van der Waals surface area contributed by atoms with Gasteiger partial charge in [-0.15, -0.1) is 0 Å². The van der Waals surface area contributed by atoms with Crippen molar-refractivity contribution in [3.8, 4) is 0 Å². The minimum absolute atomic E-state index is 0.210. The van der Waals surface area contributed by atoms with Gasteiger partial charge in [0.1, 0.15) is 5.60 Å². The SMILES string of the molecule is Cc1nc(C2CCCN(C(=O)OC(C)(C)C)C2)ccc1B1OC(C)(C)C(C)(C)O1. The van der Waals surface area contributed by atoms with Crippen LogP contribution in [0.25, 0.3) is 0 Å². The molecule has 3 heterocycles. The molecule has 160 valence electrons. The van der Waals surface area contributed by atoms with Gasteiger partial charge in [0.2, 0.25) is 0 Å². The summed E-state index contributed by atoms with van der Waals surface area (Å²) in [6, 6.07) is 4.11. The first kappa shape index (κ1) is 22.1. The minimum Gasteiger partial charge on any atom is -0.444 e. The van der Waals surface area contributed by atoms with Crippen LogP contribution in [0.4, 0.5) is 4.79 Å². The van der Waals surface area contributed by atoms with Crippen LogP contribution in [0.3, 0.4) is 0 Å². The summed E-state index contributed by atoms with van der Waals surface area (Å²) in [5, 5.41) is 0. The summed E-state index contributed by atoms with van der Waals surface area (Å²) in [6.45, 7) is 17.3. The van der Waals surface area contributed by atoms with E-state index in [1.54, 1.807) is 4.90 Å². The Labute approximate surface area is 175 Å². The molecule has 0 spiro atoms. The zero-order valence-corrected chi connectivity index (χ0v) is 19.2. The molecule has 0 radical (unpaired) electrons. The number of likely N-dealkylation sites (tertiary alicyclic amines) is 1. The summed E-state index contributed by atoms with van der Waals surface area (Å²) in [6.07, 6.45) is 1.72. The van der Waals surface area contributed by atoms with E-state index in [9.17, 15) is 4.79 Å². The van der Waals surface area contributed by atoms with Gasteiger partial charge < -0.3 is 18.9 Å². The van der Waals surface area contributed by atoms with Gasteiger partial charge in [0.05, 0.1) is 11.2 Å². The molecule has 1 aromatic heterocycles. The molecule has 0 bridgehead atoms. The first-order valence-corrected chi connectivity index (χ1v) is 10.6. The number of piperidine rings is 1. The number of hydrogen-bond acceptors (Lipinski definition) is 5. The van der Waals surface area contributed by atoms with Crippen molar-refractivity contribution in [2.75, 3.05) is 13.1 Å². The highest BCUT2D eigenvalue weighted by molar-refractivity contribution is 6.62. The Balaban J connectivity index is 1.73. The van der Waals surface area contributed by atoms with Gasteiger partial charge in [-0.05, 0) is 74.3 Å². The summed E-state index contributed by atoms with van der Waals surface area (Å²) in [5.74, 6) is 0.210. The highest BCUT2D eigenvalue weighted by atomic mass is 16.7. The average Bonchev–Trinajstić information content (AvgIpc) is 2.81. The Morgan fingerprint density at radius 2 is 1.83 bits per heavy atom. The third kappa shape index (κ3) is 4.77. The maximum atomic E-state index is 12.5. The van der Waals surface area contributed by atoms with Crippen LogP contribution < -0.4 is 5.46 Å². The number of pyridine rings is 1. The molecular weight excluding hydrogens is 367 g/mol. The molecule has 0 N–H and O–H groups in total. The molecule has 2 aliphatic heterocycles. The van der Waals surface area contributed by atoms with Crippen molar-refractivity contribution in [3.63, 3.8) is 0 Å². The molecule has 1 amide bonds. The maximum Gasteiger partial charge on any atom is 0.496 e. The van der Waals surface area contributed by atoms with Gasteiger partial charge in [-0.1, -0.05) is 6.07 Å². The average molecular weight is 402 g/mol. The molecule has 0 aliphatic carbocycles.